The fraction of sp³-hybridized carbons (Fsp3) is 0.304. The molecule has 0 spiro atoms. The molecule has 1 fully saturated rings. The van der Waals surface area contributed by atoms with Crippen molar-refractivity contribution in [3.63, 3.8) is 0 Å². The van der Waals surface area contributed by atoms with Crippen LogP contribution in [-0.4, -0.2) is 46.1 Å². The first-order chi connectivity index (χ1) is 14.6. The summed E-state index contributed by atoms with van der Waals surface area (Å²) in [6.45, 7) is 5.31. The number of urea groups is 1. The molecule has 162 valence electrons. The first-order valence-electron chi connectivity index (χ1n) is 10.0. The maximum Gasteiger partial charge on any atom is 0.325 e. The Labute approximate surface area is 181 Å². The second-order valence-electron chi connectivity index (χ2n) is 7.99. The number of primary amides is 1. The summed E-state index contributed by atoms with van der Waals surface area (Å²) < 4.78 is 0. The Kier molecular flexibility index (Phi) is 6.10. The van der Waals surface area contributed by atoms with Crippen LogP contribution >= 0.6 is 0 Å². The smallest absolute Gasteiger partial charge is 0.325 e. The van der Waals surface area contributed by atoms with E-state index in [1.807, 2.05) is 44.2 Å². The van der Waals surface area contributed by atoms with E-state index in [0.717, 1.165) is 10.5 Å². The lowest BCUT2D eigenvalue weighted by molar-refractivity contribution is -0.140. The summed E-state index contributed by atoms with van der Waals surface area (Å²) in [6.07, 6.45) is 0. The molecule has 3 N–H and O–H groups in total. The third-order valence-corrected chi connectivity index (χ3v) is 5.43. The van der Waals surface area contributed by atoms with Crippen LogP contribution in [0.25, 0.3) is 0 Å². The van der Waals surface area contributed by atoms with Crippen LogP contribution in [-0.2, 0) is 21.7 Å². The fourth-order valence-corrected chi connectivity index (χ4v) is 3.58. The summed E-state index contributed by atoms with van der Waals surface area (Å²) in [5, 5.41) is 2.65. The molecule has 0 saturated carbocycles. The van der Waals surface area contributed by atoms with Gasteiger partial charge in [0.2, 0.25) is 11.8 Å². The van der Waals surface area contributed by atoms with Gasteiger partial charge in [0.15, 0.2) is 0 Å². The molecule has 3 rings (SSSR count). The highest BCUT2D eigenvalue weighted by atomic mass is 16.2. The summed E-state index contributed by atoms with van der Waals surface area (Å²) in [5.41, 5.74) is 5.53. The number of rotatable bonds is 7. The molecule has 0 aliphatic carbocycles. The number of nitrogens with zero attached hydrogens (tertiary/aromatic N) is 2. The highest BCUT2D eigenvalue weighted by Crippen LogP contribution is 2.29. The lowest BCUT2D eigenvalue weighted by atomic mass is 9.90. The Bertz CT molecular complexity index is 1020. The second kappa shape index (κ2) is 8.59. The Hall–Kier alpha value is -3.68. The van der Waals surface area contributed by atoms with Crippen LogP contribution in [0.1, 0.15) is 42.3 Å². The number of hydrogen-bond donors (Lipinski definition) is 2. The van der Waals surface area contributed by atoms with Gasteiger partial charge in [-0.25, -0.2) is 4.79 Å². The molecule has 2 aromatic rings. The lowest BCUT2D eigenvalue weighted by Crippen LogP contribution is -2.46. The molecule has 8 heteroatoms. The molecular weight excluding hydrogens is 396 g/mol. The predicted octanol–water partition coefficient (Wildman–Crippen LogP) is 1.99. The minimum Gasteiger partial charge on any atom is -0.366 e. The average molecular weight is 422 g/mol. The number of nitrogens with two attached hydrogens (primary N) is 1. The SMILES string of the molecule is CC(C)N(Cc1ccccc1)C(=O)CN1C(=O)NC(C)(c2cccc(C(N)=O)c2)C1=O. The third kappa shape index (κ3) is 4.42. The predicted molar refractivity (Wildman–Crippen MR) is 115 cm³/mol. The zero-order valence-corrected chi connectivity index (χ0v) is 17.8. The number of carbonyl (C=O) groups excluding carboxylic acids is 4. The number of imide groups is 1. The van der Waals surface area contributed by atoms with E-state index < -0.39 is 23.4 Å². The van der Waals surface area contributed by atoms with Crippen molar-refractivity contribution < 1.29 is 19.2 Å². The van der Waals surface area contributed by atoms with Crippen molar-refractivity contribution in [3.05, 3.63) is 71.3 Å². The van der Waals surface area contributed by atoms with Crippen LogP contribution in [0.3, 0.4) is 0 Å². The van der Waals surface area contributed by atoms with Crippen molar-refractivity contribution in [1.82, 2.24) is 15.1 Å². The van der Waals surface area contributed by atoms with E-state index in [1.54, 1.807) is 24.0 Å². The van der Waals surface area contributed by atoms with Gasteiger partial charge in [0.1, 0.15) is 12.1 Å². The summed E-state index contributed by atoms with van der Waals surface area (Å²) in [7, 11) is 0. The van der Waals surface area contributed by atoms with Crippen molar-refractivity contribution in [2.45, 2.75) is 38.9 Å². The van der Waals surface area contributed by atoms with Crippen LogP contribution in [0.15, 0.2) is 54.6 Å². The van der Waals surface area contributed by atoms with Crippen molar-refractivity contribution in [3.8, 4) is 0 Å². The molecule has 1 aliphatic heterocycles. The largest absolute Gasteiger partial charge is 0.366 e. The third-order valence-electron chi connectivity index (χ3n) is 5.43. The van der Waals surface area contributed by atoms with E-state index >= 15 is 0 Å². The molecule has 1 saturated heterocycles. The Morgan fingerprint density at radius 3 is 2.39 bits per heavy atom. The van der Waals surface area contributed by atoms with Gasteiger partial charge in [-0.1, -0.05) is 42.5 Å². The maximum atomic E-state index is 13.2. The second-order valence-corrected chi connectivity index (χ2v) is 7.99. The van der Waals surface area contributed by atoms with E-state index in [9.17, 15) is 19.2 Å². The molecule has 1 atom stereocenters. The first-order valence-corrected chi connectivity index (χ1v) is 10.0. The molecule has 8 nitrogen and oxygen atoms in total. The van der Waals surface area contributed by atoms with Gasteiger partial charge in [0.25, 0.3) is 5.91 Å². The summed E-state index contributed by atoms with van der Waals surface area (Å²) in [4.78, 5) is 52.8. The zero-order valence-electron chi connectivity index (χ0n) is 17.8. The van der Waals surface area contributed by atoms with Crippen LogP contribution in [0.2, 0.25) is 0 Å². The van der Waals surface area contributed by atoms with Gasteiger partial charge >= 0.3 is 6.03 Å². The van der Waals surface area contributed by atoms with E-state index in [4.69, 9.17) is 5.73 Å². The standard InChI is InChI=1S/C23H26N4O4/c1-15(2)26(13-16-8-5-4-6-9-16)19(28)14-27-21(30)23(3,25-22(27)31)18-11-7-10-17(12-18)20(24)29/h4-12,15H,13-14H2,1-3H3,(H2,24,29)(H,25,31). The van der Waals surface area contributed by atoms with Crippen LogP contribution in [0.5, 0.6) is 0 Å². The molecule has 1 heterocycles. The molecule has 2 aromatic carbocycles. The van der Waals surface area contributed by atoms with Gasteiger partial charge in [-0.05, 0) is 44.0 Å². The average Bonchev–Trinajstić information content (AvgIpc) is 2.96. The molecule has 1 unspecified atom stereocenters. The Balaban J connectivity index is 1.81. The monoisotopic (exact) mass is 422 g/mol. The van der Waals surface area contributed by atoms with E-state index in [-0.39, 0.29) is 24.1 Å². The highest BCUT2D eigenvalue weighted by Gasteiger charge is 2.50. The number of amides is 5. The number of hydrogen-bond acceptors (Lipinski definition) is 4. The summed E-state index contributed by atoms with van der Waals surface area (Å²) in [5.74, 6) is -1.53. The Morgan fingerprint density at radius 1 is 1.10 bits per heavy atom. The lowest BCUT2D eigenvalue weighted by Gasteiger charge is -2.28. The van der Waals surface area contributed by atoms with Crippen molar-refractivity contribution in [2.24, 2.45) is 5.73 Å². The van der Waals surface area contributed by atoms with Crippen molar-refractivity contribution in [1.29, 1.82) is 0 Å². The topological polar surface area (TPSA) is 113 Å². The van der Waals surface area contributed by atoms with Gasteiger partial charge in [-0.3, -0.25) is 19.3 Å². The molecule has 0 aromatic heterocycles. The Morgan fingerprint density at radius 2 is 1.77 bits per heavy atom. The first kappa shape index (κ1) is 22.0. The van der Waals surface area contributed by atoms with Gasteiger partial charge in [-0.15, -0.1) is 0 Å². The molecule has 5 amide bonds. The summed E-state index contributed by atoms with van der Waals surface area (Å²) >= 11 is 0. The van der Waals surface area contributed by atoms with Gasteiger partial charge in [0.05, 0.1) is 0 Å². The number of nitrogens with one attached hydrogen (secondary N) is 1. The molecular formula is C23H26N4O4. The molecule has 0 radical (unpaired) electrons. The molecule has 1 aliphatic rings. The van der Waals surface area contributed by atoms with Crippen LogP contribution in [0.4, 0.5) is 4.79 Å². The van der Waals surface area contributed by atoms with Crippen LogP contribution < -0.4 is 11.1 Å². The van der Waals surface area contributed by atoms with Gasteiger partial charge in [-0.2, -0.15) is 0 Å². The van der Waals surface area contributed by atoms with Gasteiger partial charge < -0.3 is 16.0 Å². The van der Waals surface area contributed by atoms with Crippen molar-refractivity contribution in [2.75, 3.05) is 6.54 Å². The molecule has 0 bridgehead atoms. The number of benzene rings is 2. The fourth-order valence-electron chi connectivity index (χ4n) is 3.58. The minimum absolute atomic E-state index is 0.118. The van der Waals surface area contributed by atoms with Crippen LogP contribution in [0, 0.1) is 0 Å². The quantitative estimate of drug-likeness (QED) is 0.665. The minimum atomic E-state index is -1.40. The van der Waals surface area contributed by atoms with Crippen molar-refractivity contribution >= 4 is 23.8 Å². The molecule has 31 heavy (non-hydrogen) atoms. The normalized spacial score (nSPS) is 18.3. The van der Waals surface area contributed by atoms with E-state index in [2.05, 4.69) is 5.32 Å². The van der Waals surface area contributed by atoms with Gasteiger partial charge in [0, 0.05) is 18.2 Å². The van der Waals surface area contributed by atoms with E-state index in [1.165, 1.54) is 12.1 Å². The summed E-state index contributed by atoms with van der Waals surface area (Å²) in [6, 6.07) is 15.0. The zero-order chi connectivity index (χ0) is 22.8. The highest BCUT2D eigenvalue weighted by molar-refractivity contribution is 6.09. The maximum absolute atomic E-state index is 13.2. The number of carbonyl (C=O) groups is 4. The van der Waals surface area contributed by atoms with E-state index in [0.29, 0.717) is 12.1 Å².